The summed E-state index contributed by atoms with van der Waals surface area (Å²) in [6.45, 7) is 34.1. The third-order valence-electron chi connectivity index (χ3n) is 14.0. The van der Waals surface area contributed by atoms with Crippen LogP contribution in [-0.2, 0) is 23.1 Å². The number of rotatable bonds is 11. The summed E-state index contributed by atoms with van der Waals surface area (Å²) in [4.78, 5) is 13.6. The summed E-state index contributed by atoms with van der Waals surface area (Å²) in [5, 5.41) is -0.0783. The van der Waals surface area contributed by atoms with Crippen LogP contribution in [0.2, 0.25) is 36.3 Å². The molecule has 5 nitrogen and oxygen atoms in total. The Morgan fingerprint density at radius 3 is 2.14 bits per heavy atom. The summed E-state index contributed by atoms with van der Waals surface area (Å²) >= 11 is 0. The van der Waals surface area contributed by atoms with Crippen molar-refractivity contribution in [3.05, 3.63) is 47.3 Å². The number of hydrogen-bond donors (Lipinski definition) is 0. The van der Waals surface area contributed by atoms with Crippen molar-refractivity contribution in [3.8, 4) is 0 Å². The predicted octanol–water partition coefficient (Wildman–Crippen LogP) is 12.3. The normalized spacial score (nSPS) is 31.2. The Balaban J connectivity index is 1.78. The fourth-order valence-corrected chi connectivity index (χ4v) is 11.0. The highest BCUT2D eigenvalue weighted by Gasteiger charge is 2.51. The van der Waals surface area contributed by atoms with Crippen LogP contribution in [0.1, 0.15) is 139 Å². The van der Waals surface area contributed by atoms with Gasteiger partial charge in [0.2, 0.25) is 14.1 Å². The molecular formula is C42H72O5Si2. The molecule has 0 aromatic carbocycles. The average Bonchev–Trinajstić information content (AvgIpc) is 3.59. The third-order valence-corrected chi connectivity index (χ3v) is 22.8. The predicted molar refractivity (Wildman–Crippen MR) is 209 cm³/mol. The maximum atomic E-state index is 13.6. The Morgan fingerprint density at radius 1 is 0.939 bits per heavy atom. The molecule has 4 rings (SSSR count). The van der Waals surface area contributed by atoms with Gasteiger partial charge in [0.1, 0.15) is 12.2 Å². The highest BCUT2D eigenvalue weighted by Crippen LogP contribution is 2.58. The van der Waals surface area contributed by atoms with E-state index < -0.39 is 22.4 Å². The largest absolute Gasteiger partial charge is 0.546 e. The Labute approximate surface area is 303 Å². The number of esters is 1. The van der Waals surface area contributed by atoms with Crippen LogP contribution in [0.15, 0.2) is 47.3 Å². The van der Waals surface area contributed by atoms with Crippen molar-refractivity contribution in [2.45, 2.75) is 187 Å². The molecule has 0 unspecified atom stereocenters. The van der Waals surface area contributed by atoms with E-state index in [1.807, 2.05) is 6.08 Å². The first-order valence-electron chi connectivity index (χ1n) is 19.6. The zero-order valence-electron chi connectivity index (χ0n) is 33.8. The zero-order chi connectivity index (χ0) is 36.7. The number of ether oxygens (including phenoxy) is 2. The highest BCUT2D eigenvalue weighted by molar-refractivity contribution is 6.74. The van der Waals surface area contributed by atoms with Crippen LogP contribution in [0.5, 0.6) is 0 Å². The fourth-order valence-electron chi connectivity index (χ4n) is 8.56. The summed E-state index contributed by atoms with van der Waals surface area (Å²) in [7, 11) is -4.67. The minimum atomic E-state index is -2.45. The van der Waals surface area contributed by atoms with Crippen LogP contribution in [0, 0.1) is 17.3 Å². The second-order valence-corrected chi connectivity index (χ2v) is 28.6. The van der Waals surface area contributed by atoms with Crippen LogP contribution in [0.4, 0.5) is 0 Å². The van der Waals surface area contributed by atoms with E-state index in [-0.39, 0.29) is 28.3 Å². The van der Waals surface area contributed by atoms with Crippen molar-refractivity contribution >= 4 is 22.6 Å². The molecule has 0 aromatic heterocycles. The van der Waals surface area contributed by atoms with E-state index in [2.05, 4.69) is 101 Å². The van der Waals surface area contributed by atoms with Gasteiger partial charge in [-0.15, -0.1) is 0 Å². The van der Waals surface area contributed by atoms with Crippen LogP contribution >= 0.6 is 0 Å². The van der Waals surface area contributed by atoms with Gasteiger partial charge in [-0.05, 0) is 123 Å². The first-order chi connectivity index (χ1) is 22.5. The molecule has 4 aliphatic rings. The molecule has 0 aromatic rings. The molecule has 0 amide bonds. The van der Waals surface area contributed by atoms with E-state index in [0.717, 1.165) is 61.3 Å². The Bertz CT molecular complexity index is 1320. The van der Waals surface area contributed by atoms with E-state index in [1.54, 1.807) is 5.57 Å². The fraction of sp³-hybridized carbons (Fsp3) is 0.786. The van der Waals surface area contributed by atoms with E-state index in [1.165, 1.54) is 32.1 Å². The van der Waals surface area contributed by atoms with E-state index in [4.69, 9.17) is 24.9 Å². The minimum Gasteiger partial charge on any atom is -0.546 e. The van der Waals surface area contributed by atoms with Crippen LogP contribution < -0.4 is 0 Å². The second-order valence-electron chi connectivity index (χ2n) is 19.2. The second kappa shape index (κ2) is 14.5. The first-order valence-corrected chi connectivity index (χ1v) is 25.4. The topological polar surface area (TPSA) is 54.0 Å². The quantitative estimate of drug-likeness (QED) is 0.121. The monoisotopic (exact) mass is 712 g/mol. The average molecular weight is 713 g/mol. The molecule has 0 N–H and O–H groups in total. The maximum absolute atomic E-state index is 13.6. The molecule has 0 saturated heterocycles. The Hall–Kier alpha value is -1.42. The van der Waals surface area contributed by atoms with Crippen LogP contribution in [-0.4, -0.2) is 40.6 Å². The van der Waals surface area contributed by atoms with Gasteiger partial charge in [0.15, 0.2) is 8.32 Å². The molecule has 4 aliphatic carbocycles. The lowest BCUT2D eigenvalue weighted by Crippen LogP contribution is -2.53. The Morgan fingerprint density at radius 2 is 1.57 bits per heavy atom. The van der Waals surface area contributed by atoms with Gasteiger partial charge in [0.25, 0.3) is 0 Å². The lowest BCUT2D eigenvalue weighted by atomic mass is 9.63. The van der Waals surface area contributed by atoms with E-state index in [0.29, 0.717) is 17.8 Å². The standard InChI is InChI=1S/C42H72O5Si2/c1-15-34-23-24-36-32(20-19-25-40(34,36)10)21-22-33-28-35(46-48(11,12)38(4,5)6)29-42(31(33)3,47-49(13,14)39(7,8)9)44-30-37(43)45-41(16-2)26-17-18-27-41/h21-22,29,34,36H,3,15-20,23-28,30H2,1-2,4-14H3/t34-,36-,40+,42-/m0/s1. The molecule has 0 heterocycles. The van der Waals surface area contributed by atoms with Crippen LogP contribution in [0.3, 0.4) is 0 Å². The van der Waals surface area contributed by atoms with Gasteiger partial charge in [-0.25, -0.2) is 4.79 Å². The van der Waals surface area contributed by atoms with Gasteiger partial charge in [0.05, 0.1) is 5.76 Å². The number of fused-ring (bicyclic) bond motifs is 1. The first kappa shape index (κ1) is 40.4. The number of carbonyl (C=O) groups excluding carboxylic acids is 1. The van der Waals surface area contributed by atoms with Crippen molar-refractivity contribution in [2.75, 3.05) is 6.61 Å². The minimum absolute atomic E-state index is 0.0162. The molecule has 0 spiro atoms. The van der Waals surface area contributed by atoms with Crippen molar-refractivity contribution in [3.63, 3.8) is 0 Å². The molecule has 0 aliphatic heterocycles. The van der Waals surface area contributed by atoms with E-state index >= 15 is 0 Å². The summed E-state index contributed by atoms with van der Waals surface area (Å²) < 4.78 is 27.3. The van der Waals surface area contributed by atoms with Gasteiger partial charge < -0.3 is 18.3 Å². The van der Waals surface area contributed by atoms with Gasteiger partial charge in [0, 0.05) is 18.1 Å². The van der Waals surface area contributed by atoms with Crippen molar-refractivity contribution in [2.24, 2.45) is 17.3 Å². The molecule has 4 atom stereocenters. The van der Waals surface area contributed by atoms with Gasteiger partial charge >= 0.3 is 5.97 Å². The van der Waals surface area contributed by atoms with Crippen molar-refractivity contribution in [1.29, 1.82) is 0 Å². The smallest absolute Gasteiger partial charge is 0.332 e. The van der Waals surface area contributed by atoms with Crippen molar-refractivity contribution in [1.82, 2.24) is 0 Å². The summed E-state index contributed by atoms with van der Waals surface area (Å²) in [5.41, 5.74) is 3.42. The molecule has 49 heavy (non-hydrogen) atoms. The molecule has 0 bridgehead atoms. The van der Waals surface area contributed by atoms with E-state index in [9.17, 15) is 4.79 Å². The number of hydrogen-bond acceptors (Lipinski definition) is 5. The maximum Gasteiger partial charge on any atom is 0.332 e. The third kappa shape index (κ3) is 8.47. The van der Waals surface area contributed by atoms with Crippen LogP contribution in [0.25, 0.3) is 0 Å². The molecular weight excluding hydrogens is 641 g/mol. The van der Waals surface area contributed by atoms with Gasteiger partial charge in [-0.1, -0.05) is 93.0 Å². The molecule has 278 valence electrons. The molecule has 7 heteroatoms. The van der Waals surface area contributed by atoms with Crippen molar-refractivity contribution < 1.29 is 23.1 Å². The summed E-state index contributed by atoms with van der Waals surface area (Å²) in [6, 6.07) is 0. The Kier molecular flexibility index (Phi) is 12.0. The molecule has 3 fully saturated rings. The number of carbonyl (C=O) groups is 1. The van der Waals surface area contributed by atoms with Gasteiger partial charge in [-0.3, -0.25) is 0 Å². The summed E-state index contributed by atoms with van der Waals surface area (Å²) in [5.74, 6) is 0.637. The lowest BCUT2D eigenvalue weighted by molar-refractivity contribution is -0.182. The zero-order valence-corrected chi connectivity index (χ0v) is 35.8. The van der Waals surface area contributed by atoms with Gasteiger partial charge in [-0.2, -0.15) is 0 Å². The number of allylic oxidation sites excluding steroid dienone is 4. The lowest BCUT2D eigenvalue weighted by Gasteiger charge is -2.47. The molecule has 3 saturated carbocycles. The summed E-state index contributed by atoms with van der Waals surface area (Å²) in [6.07, 6.45) is 19.8. The SMILES string of the molecule is C=C1C(=CC=C2CCC[C@]3(C)[C@@H](CC)CC[C@@H]23)CC(O[Si](C)(C)C(C)(C)C)=C[C@]1(OCC(=O)OC1(CC)CCCC1)O[Si](C)(C)C(C)(C)C. The molecule has 0 radical (unpaired) electrons. The highest BCUT2D eigenvalue weighted by atomic mass is 28.4.